The molecule has 9 nitrogen and oxygen atoms in total. The second-order valence-corrected chi connectivity index (χ2v) is 5.10. The van der Waals surface area contributed by atoms with Crippen LogP contribution in [0.5, 0.6) is 5.75 Å². The van der Waals surface area contributed by atoms with Crippen LogP contribution in [0.3, 0.4) is 0 Å². The Morgan fingerprint density at radius 1 is 1.55 bits per heavy atom. The second kappa shape index (κ2) is 6.80. The fourth-order valence-electron chi connectivity index (χ4n) is 1.56. The van der Waals surface area contributed by atoms with Gasteiger partial charge in [-0.05, 0) is 17.7 Å². The first-order valence-corrected chi connectivity index (χ1v) is 6.76. The number of carbonyl (C=O) groups is 1. The van der Waals surface area contributed by atoms with E-state index in [1.54, 1.807) is 12.1 Å². The molecule has 0 bridgehead atoms. The van der Waals surface area contributed by atoms with Crippen molar-refractivity contribution in [2.75, 3.05) is 0 Å². The molecule has 0 saturated heterocycles. The number of hydrogen-bond acceptors (Lipinski definition) is 5. The van der Waals surface area contributed by atoms with E-state index >= 15 is 0 Å². The predicted octanol–water partition coefficient (Wildman–Crippen LogP) is 0.197. The second-order valence-electron chi connectivity index (χ2n) is 4.19. The molecule has 0 spiro atoms. The van der Waals surface area contributed by atoms with E-state index in [2.05, 4.69) is 31.6 Å². The summed E-state index contributed by atoms with van der Waals surface area (Å²) in [6.45, 7) is -0.173. The van der Waals surface area contributed by atoms with Crippen molar-refractivity contribution in [2.24, 2.45) is 5.10 Å². The van der Waals surface area contributed by atoms with E-state index in [1.807, 2.05) is 0 Å². The molecular formula is C12H10BrN5O4. The van der Waals surface area contributed by atoms with E-state index in [4.69, 9.17) is 0 Å². The predicted molar refractivity (Wildman–Crippen MR) is 77.0 cm³/mol. The topological polar surface area (TPSA) is 127 Å². The SMILES string of the molecule is O=C(C[n+]1cc([N+](=O)[O-])c[nH]1)NN=Cc1cc(Br)ccc1[O-]. The van der Waals surface area contributed by atoms with Crippen LogP contribution < -0.4 is 15.2 Å². The summed E-state index contributed by atoms with van der Waals surface area (Å²) in [5.74, 6) is -0.726. The van der Waals surface area contributed by atoms with Gasteiger partial charge in [0, 0.05) is 4.47 Å². The third-order valence-corrected chi connectivity index (χ3v) is 3.05. The van der Waals surface area contributed by atoms with Crippen molar-refractivity contribution >= 4 is 33.7 Å². The normalized spacial score (nSPS) is 10.8. The lowest BCUT2D eigenvalue weighted by Crippen LogP contribution is -2.42. The molecule has 0 atom stereocenters. The zero-order valence-electron chi connectivity index (χ0n) is 11.0. The summed E-state index contributed by atoms with van der Waals surface area (Å²) < 4.78 is 1.95. The fourth-order valence-corrected chi connectivity index (χ4v) is 1.94. The van der Waals surface area contributed by atoms with Crippen molar-refractivity contribution in [1.29, 1.82) is 0 Å². The third-order valence-electron chi connectivity index (χ3n) is 2.56. The summed E-state index contributed by atoms with van der Waals surface area (Å²) in [7, 11) is 0. The molecule has 0 aliphatic heterocycles. The van der Waals surface area contributed by atoms with Gasteiger partial charge < -0.3 is 5.11 Å². The Kier molecular flexibility index (Phi) is 4.84. The summed E-state index contributed by atoms with van der Waals surface area (Å²) >= 11 is 3.22. The van der Waals surface area contributed by atoms with E-state index in [-0.39, 0.29) is 18.0 Å². The van der Waals surface area contributed by atoms with Crippen LogP contribution in [0, 0.1) is 10.1 Å². The molecule has 0 aliphatic carbocycles. The highest BCUT2D eigenvalue weighted by molar-refractivity contribution is 9.10. The number of carbonyl (C=O) groups excluding carboxylic acids is 1. The molecule has 22 heavy (non-hydrogen) atoms. The summed E-state index contributed by atoms with van der Waals surface area (Å²) in [5.41, 5.74) is 2.40. The average molecular weight is 368 g/mol. The first-order chi connectivity index (χ1) is 10.5. The molecule has 10 heteroatoms. The molecule has 0 aliphatic rings. The number of hydrazone groups is 1. The number of nitrogens with zero attached hydrogens (tertiary/aromatic N) is 3. The Hall–Kier alpha value is -2.75. The Bertz CT molecular complexity index is 743. The van der Waals surface area contributed by atoms with E-state index in [9.17, 15) is 20.0 Å². The van der Waals surface area contributed by atoms with Crippen LogP contribution in [0.15, 0.2) is 40.2 Å². The van der Waals surface area contributed by atoms with Crippen LogP contribution in [-0.2, 0) is 11.3 Å². The summed E-state index contributed by atoms with van der Waals surface area (Å²) in [5, 5.41) is 28.2. The van der Waals surface area contributed by atoms with Gasteiger partial charge in [0.1, 0.15) is 6.20 Å². The van der Waals surface area contributed by atoms with Crippen LogP contribution in [0.4, 0.5) is 5.69 Å². The molecule has 2 aromatic rings. The lowest BCUT2D eigenvalue weighted by molar-refractivity contribution is -0.739. The zero-order valence-corrected chi connectivity index (χ0v) is 12.6. The highest BCUT2D eigenvalue weighted by Crippen LogP contribution is 2.17. The lowest BCUT2D eigenvalue weighted by atomic mass is 10.2. The van der Waals surface area contributed by atoms with Crippen molar-refractivity contribution in [1.82, 2.24) is 10.5 Å². The Morgan fingerprint density at radius 3 is 3.00 bits per heavy atom. The number of nitrogens with one attached hydrogen (secondary N) is 2. The van der Waals surface area contributed by atoms with E-state index in [0.717, 1.165) is 0 Å². The van der Waals surface area contributed by atoms with Crippen molar-refractivity contribution < 1.29 is 19.5 Å². The van der Waals surface area contributed by atoms with E-state index < -0.39 is 10.8 Å². The van der Waals surface area contributed by atoms with Gasteiger partial charge in [0.05, 0.1) is 11.1 Å². The highest BCUT2D eigenvalue weighted by atomic mass is 79.9. The van der Waals surface area contributed by atoms with Crippen molar-refractivity contribution in [3.8, 4) is 5.75 Å². The molecule has 1 heterocycles. The van der Waals surface area contributed by atoms with Gasteiger partial charge in [0.2, 0.25) is 0 Å². The van der Waals surface area contributed by atoms with Crippen LogP contribution in [0.2, 0.25) is 0 Å². The number of hydrogen-bond donors (Lipinski definition) is 2. The maximum atomic E-state index is 11.6. The smallest absolute Gasteiger partial charge is 0.355 e. The minimum absolute atomic E-state index is 0.151. The van der Waals surface area contributed by atoms with Gasteiger partial charge in [0.25, 0.3) is 12.7 Å². The lowest BCUT2D eigenvalue weighted by Gasteiger charge is -2.09. The average Bonchev–Trinajstić information content (AvgIpc) is 2.91. The molecule has 1 aromatic carbocycles. The zero-order chi connectivity index (χ0) is 16.1. The van der Waals surface area contributed by atoms with Crippen LogP contribution in [0.25, 0.3) is 0 Å². The molecule has 2 rings (SSSR count). The first kappa shape index (κ1) is 15.6. The number of halogens is 1. The van der Waals surface area contributed by atoms with Crippen LogP contribution in [-0.4, -0.2) is 22.1 Å². The molecular weight excluding hydrogens is 358 g/mol. The standard InChI is InChI=1S/C12H10BrN5O4/c13-9-1-2-11(19)8(3-9)4-14-16-12(20)7-17-6-10(5-15-17)18(21)22/h1-6H,7H2,(H2,14,16,19,20). The van der Waals surface area contributed by atoms with Gasteiger partial charge in [-0.2, -0.15) is 10.2 Å². The Morgan fingerprint density at radius 2 is 2.32 bits per heavy atom. The number of aromatic amines is 1. The van der Waals surface area contributed by atoms with Gasteiger partial charge in [-0.3, -0.25) is 14.9 Å². The molecule has 0 radical (unpaired) electrons. The largest absolute Gasteiger partial charge is 0.872 e. The fraction of sp³-hybridized carbons (Fsp3) is 0.0833. The quantitative estimate of drug-likeness (QED) is 0.338. The molecule has 1 amide bonds. The van der Waals surface area contributed by atoms with Gasteiger partial charge >= 0.3 is 11.6 Å². The summed E-state index contributed by atoms with van der Waals surface area (Å²) in [6, 6.07) is 4.55. The van der Waals surface area contributed by atoms with E-state index in [1.165, 1.54) is 29.4 Å². The van der Waals surface area contributed by atoms with Crippen molar-refractivity contribution in [3.05, 3.63) is 50.7 Å². The van der Waals surface area contributed by atoms with Gasteiger partial charge in [-0.25, -0.2) is 5.43 Å². The van der Waals surface area contributed by atoms with Crippen LogP contribution >= 0.6 is 15.9 Å². The summed E-state index contributed by atoms with van der Waals surface area (Å²) in [6.07, 6.45) is 3.59. The van der Waals surface area contributed by atoms with Gasteiger partial charge in [-0.1, -0.05) is 27.7 Å². The number of H-pyrrole nitrogens is 1. The molecule has 2 N–H and O–H groups in total. The highest BCUT2D eigenvalue weighted by Gasteiger charge is 2.17. The monoisotopic (exact) mass is 367 g/mol. The third kappa shape index (κ3) is 4.12. The number of benzene rings is 1. The molecule has 114 valence electrons. The Balaban J connectivity index is 1.93. The van der Waals surface area contributed by atoms with E-state index in [0.29, 0.717) is 10.0 Å². The van der Waals surface area contributed by atoms with Crippen molar-refractivity contribution in [3.63, 3.8) is 0 Å². The molecule has 0 unspecified atom stereocenters. The number of rotatable bonds is 5. The van der Waals surface area contributed by atoms with Crippen molar-refractivity contribution in [2.45, 2.75) is 6.54 Å². The molecule has 1 aromatic heterocycles. The minimum Gasteiger partial charge on any atom is -0.872 e. The Labute approximate surface area is 132 Å². The maximum Gasteiger partial charge on any atom is 0.355 e. The minimum atomic E-state index is -0.577. The number of aromatic nitrogens is 2. The molecule has 0 saturated carbocycles. The van der Waals surface area contributed by atoms with Crippen LogP contribution in [0.1, 0.15) is 5.56 Å². The number of amides is 1. The maximum absolute atomic E-state index is 11.6. The van der Waals surface area contributed by atoms with Gasteiger partial charge in [-0.15, -0.1) is 4.68 Å². The van der Waals surface area contributed by atoms with Gasteiger partial charge in [0.15, 0.2) is 0 Å². The molecule has 0 fully saturated rings. The summed E-state index contributed by atoms with van der Waals surface area (Å²) in [4.78, 5) is 21.5. The number of nitro groups is 1. The first-order valence-electron chi connectivity index (χ1n) is 5.96.